The summed E-state index contributed by atoms with van der Waals surface area (Å²) in [5.74, 6) is 2.95. The molecule has 18 heavy (non-hydrogen) atoms. The first-order valence-corrected chi connectivity index (χ1v) is 7.57. The molecule has 102 valence electrons. The number of amides is 1. The van der Waals surface area contributed by atoms with Crippen LogP contribution in [0.2, 0.25) is 0 Å². The van der Waals surface area contributed by atoms with Crippen LogP contribution < -0.4 is 10.6 Å². The zero-order chi connectivity index (χ0) is 12.8. The van der Waals surface area contributed by atoms with Gasteiger partial charge in [0.1, 0.15) is 0 Å². The number of hydrogen-bond donors (Lipinski definition) is 2. The standard InChI is InChI=1S/C15H26N2O/c1-10(16-2)3-14(18)17-15-7-11-4-12(8-15)6-13(5-11)9-15/h10-13,16H,3-9H2,1-2H3,(H,17,18). The van der Waals surface area contributed by atoms with Crippen molar-refractivity contribution in [1.29, 1.82) is 0 Å². The lowest BCUT2D eigenvalue weighted by molar-refractivity contribution is -0.127. The molecule has 4 aliphatic rings. The molecule has 0 aliphatic heterocycles. The molecule has 4 saturated carbocycles. The Morgan fingerprint density at radius 2 is 1.67 bits per heavy atom. The Bertz CT molecular complexity index is 304. The largest absolute Gasteiger partial charge is 0.351 e. The summed E-state index contributed by atoms with van der Waals surface area (Å²) in [4.78, 5) is 12.1. The fourth-order valence-electron chi connectivity index (χ4n) is 4.99. The third-order valence-corrected chi connectivity index (χ3v) is 5.43. The molecule has 4 fully saturated rings. The molecule has 0 aromatic heterocycles. The number of hydrogen-bond acceptors (Lipinski definition) is 2. The van der Waals surface area contributed by atoms with Crippen LogP contribution in [0.1, 0.15) is 51.9 Å². The fourth-order valence-corrected chi connectivity index (χ4v) is 4.99. The Hall–Kier alpha value is -0.570. The van der Waals surface area contributed by atoms with Crippen LogP contribution in [0.3, 0.4) is 0 Å². The van der Waals surface area contributed by atoms with E-state index in [1.54, 1.807) is 0 Å². The van der Waals surface area contributed by atoms with Crippen molar-refractivity contribution >= 4 is 5.91 Å². The molecule has 0 radical (unpaired) electrons. The second-order valence-electron chi connectivity index (χ2n) is 7.14. The van der Waals surface area contributed by atoms with Gasteiger partial charge in [0, 0.05) is 18.0 Å². The van der Waals surface area contributed by atoms with Gasteiger partial charge in [-0.3, -0.25) is 4.79 Å². The third kappa shape index (κ3) is 2.29. The molecule has 1 unspecified atom stereocenters. The molecule has 0 aromatic carbocycles. The van der Waals surface area contributed by atoms with Gasteiger partial charge in [-0.15, -0.1) is 0 Å². The molecular formula is C15H26N2O. The summed E-state index contributed by atoms with van der Waals surface area (Å²) in [5, 5.41) is 6.55. The molecule has 0 aromatic rings. The van der Waals surface area contributed by atoms with Crippen molar-refractivity contribution in [3.8, 4) is 0 Å². The summed E-state index contributed by atoms with van der Waals surface area (Å²) in [6.07, 6.45) is 8.65. The van der Waals surface area contributed by atoms with Crippen LogP contribution in [0.4, 0.5) is 0 Å². The molecule has 1 amide bonds. The lowest BCUT2D eigenvalue weighted by Gasteiger charge is -2.57. The molecule has 0 heterocycles. The highest BCUT2D eigenvalue weighted by Gasteiger charge is 2.51. The molecule has 3 heteroatoms. The van der Waals surface area contributed by atoms with E-state index < -0.39 is 0 Å². The van der Waals surface area contributed by atoms with E-state index in [0.717, 1.165) is 17.8 Å². The minimum Gasteiger partial charge on any atom is -0.351 e. The second-order valence-corrected chi connectivity index (χ2v) is 7.14. The number of nitrogens with one attached hydrogen (secondary N) is 2. The van der Waals surface area contributed by atoms with Crippen LogP contribution in [0.25, 0.3) is 0 Å². The number of carbonyl (C=O) groups excluding carboxylic acids is 1. The van der Waals surface area contributed by atoms with E-state index in [9.17, 15) is 4.79 Å². The van der Waals surface area contributed by atoms with E-state index in [2.05, 4.69) is 17.6 Å². The average molecular weight is 250 g/mol. The van der Waals surface area contributed by atoms with Crippen molar-refractivity contribution in [3.63, 3.8) is 0 Å². The maximum atomic E-state index is 12.1. The Labute approximate surface area is 110 Å². The first-order chi connectivity index (χ1) is 8.58. The van der Waals surface area contributed by atoms with E-state index >= 15 is 0 Å². The molecule has 1 atom stereocenters. The first kappa shape index (κ1) is 12.5. The maximum Gasteiger partial charge on any atom is 0.221 e. The molecule has 3 nitrogen and oxygen atoms in total. The zero-order valence-corrected chi connectivity index (χ0v) is 11.7. The van der Waals surface area contributed by atoms with Gasteiger partial charge in [-0.2, -0.15) is 0 Å². The van der Waals surface area contributed by atoms with Crippen LogP contribution in [0, 0.1) is 17.8 Å². The number of rotatable bonds is 4. The van der Waals surface area contributed by atoms with Gasteiger partial charge in [0.2, 0.25) is 5.91 Å². The SMILES string of the molecule is CNC(C)CC(=O)NC12CC3CC(CC(C3)C1)C2. The monoisotopic (exact) mass is 250 g/mol. The Morgan fingerprint density at radius 1 is 1.17 bits per heavy atom. The fraction of sp³-hybridized carbons (Fsp3) is 0.933. The lowest BCUT2D eigenvalue weighted by Crippen LogP contribution is -2.60. The average Bonchev–Trinajstić information content (AvgIpc) is 2.25. The van der Waals surface area contributed by atoms with Crippen LogP contribution >= 0.6 is 0 Å². The van der Waals surface area contributed by atoms with E-state index in [0.29, 0.717) is 6.42 Å². The molecule has 4 bridgehead atoms. The smallest absolute Gasteiger partial charge is 0.221 e. The minimum absolute atomic E-state index is 0.180. The first-order valence-electron chi connectivity index (χ1n) is 7.57. The third-order valence-electron chi connectivity index (χ3n) is 5.43. The normalized spacial score (nSPS) is 42.9. The topological polar surface area (TPSA) is 41.1 Å². The van der Waals surface area contributed by atoms with E-state index in [1.807, 2.05) is 7.05 Å². The zero-order valence-electron chi connectivity index (χ0n) is 11.7. The van der Waals surface area contributed by atoms with Crippen molar-refractivity contribution in [2.75, 3.05) is 7.05 Å². The van der Waals surface area contributed by atoms with Crippen LogP contribution in [0.5, 0.6) is 0 Å². The number of carbonyl (C=O) groups is 1. The Morgan fingerprint density at radius 3 is 2.11 bits per heavy atom. The molecule has 0 spiro atoms. The van der Waals surface area contributed by atoms with Gasteiger partial charge in [-0.25, -0.2) is 0 Å². The quantitative estimate of drug-likeness (QED) is 0.802. The summed E-state index contributed by atoms with van der Waals surface area (Å²) >= 11 is 0. The van der Waals surface area contributed by atoms with Crippen molar-refractivity contribution in [3.05, 3.63) is 0 Å². The van der Waals surface area contributed by atoms with Crippen molar-refractivity contribution < 1.29 is 4.79 Å². The highest BCUT2D eigenvalue weighted by molar-refractivity contribution is 5.77. The van der Waals surface area contributed by atoms with E-state index in [4.69, 9.17) is 0 Å². The van der Waals surface area contributed by atoms with Gasteiger partial charge in [0.25, 0.3) is 0 Å². The molecule has 2 N–H and O–H groups in total. The Balaban J connectivity index is 1.63. The van der Waals surface area contributed by atoms with E-state index in [-0.39, 0.29) is 17.5 Å². The highest BCUT2D eigenvalue weighted by Crippen LogP contribution is 2.55. The summed E-state index contributed by atoms with van der Waals surface area (Å²) in [7, 11) is 1.92. The predicted octanol–water partition coefficient (Wildman–Crippen LogP) is 2.07. The molecule has 4 aliphatic carbocycles. The molecule has 4 rings (SSSR count). The Kier molecular flexibility index (Phi) is 3.13. The van der Waals surface area contributed by atoms with Gasteiger partial charge >= 0.3 is 0 Å². The summed E-state index contributed by atoms with van der Waals surface area (Å²) < 4.78 is 0. The van der Waals surface area contributed by atoms with Gasteiger partial charge in [-0.05, 0) is 70.3 Å². The highest BCUT2D eigenvalue weighted by atomic mass is 16.1. The van der Waals surface area contributed by atoms with E-state index in [1.165, 1.54) is 38.5 Å². The minimum atomic E-state index is 0.180. The van der Waals surface area contributed by atoms with Gasteiger partial charge in [-0.1, -0.05) is 0 Å². The van der Waals surface area contributed by atoms with Gasteiger partial charge < -0.3 is 10.6 Å². The van der Waals surface area contributed by atoms with Crippen LogP contribution in [-0.2, 0) is 4.79 Å². The van der Waals surface area contributed by atoms with Crippen LogP contribution in [0.15, 0.2) is 0 Å². The van der Waals surface area contributed by atoms with Crippen molar-refractivity contribution in [2.45, 2.75) is 63.5 Å². The predicted molar refractivity (Wildman–Crippen MR) is 72.2 cm³/mol. The van der Waals surface area contributed by atoms with Gasteiger partial charge in [0.15, 0.2) is 0 Å². The summed E-state index contributed by atoms with van der Waals surface area (Å²) in [6.45, 7) is 2.07. The summed E-state index contributed by atoms with van der Waals surface area (Å²) in [5.41, 5.74) is 0.180. The van der Waals surface area contributed by atoms with Gasteiger partial charge in [0.05, 0.1) is 0 Å². The molecule has 0 saturated heterocycles. The second kappa shape index (κ2) is 4.52. The van der Waals surface area contributed by atoms with Crippen LogP contribution in [-0.4, -0.2) is 24.5 Å². The summed E-state index contributed by atoms with van der Waals surface area (Å²) in [6, 6.07) is 0.277. The van der Waals surface area contributed by atoms with Crippen molar-refractivity contribution in [1.82, 2.24) is 10.6 Å². The van der Waals surface area contributed by atoms with Crippen molar-refractivity contribution in [2.24, 2.45) is 17.8 Å². The lowest BCUT2D eigenvalue weighted by atomic mass is 9.53. The maximum absolute atomic E-state index is 12.1. The molecular weight excluding hydrogens is 224 g/mol.